The summed E-state index contributed by atoms with van der Waals surface area (Å²) in [6.45, 7) is 0. The zero-order chi connectivity index (χ0) is 15.4. The predicted molar refractivity (Wildman–Crippen MR) is 81.7 cm³/mol. The van der Waals surface area contributed by atoms with Crippen LogP contribution in [0, 0.1) is 5.82 Å². The van der Waals surface area contributed by atoms with Gasteiger partial charge in [0.1, 0.15) is 5.82 Å². The standard InChI is InChI=1S/C17H11FN2O2/c1-20-13-7-6-9(18)8-11(13)15(17(20)22)14-10-4-2-3-5-12(10)19-16(14)21/h2-8H,1H3,(H,19,21)/b15-14+. The maximum atomic E-state index is 13.6. The van der Waals surface area contributed by atoms with Crippen LogP contribution in [0.15, 0.2) is 42.5 Å². The lowest BCUT2D eigenvalue weighted by Gasteiger charge is -2.08. The number of carbonyl (C=O) groups is 2. The summed E-state index contributed by atoms with van der Waals surface area (Å²) in [5.74, 6) is -1.08. The molecule has 0 atom stereocenters. The fourth-order valence-corrected chi connectivity index (χ4v) is 3.00. The van der Waals surface area contributed by atoms with Crippen molar-refractivity contribution in [2.24, 2.45) is 0 Å². The zero-order valence-corrected chi connectivity index (χ0v) is 11.7. The highest BCUT2D eigenvalue weighted by Crippen LogP contribution is 2.44. The van der Waals surface area contributed by atoms with Gasteiger partial charge in [0.2, 0.25) is 0 Å². The Labute approximate surface area is 125 Å². The number of hydrogen-bond acceptors (Lipinski definition) is 2. The second-order valence-electron chi connectivity index (χ2n) is 5.28. The van der Waals surface area contributed by atoms with Crippen molar-refractivity contribution in [3.05, 3.63) is 59.4 Å². The van der Waals surface area contributed by atoms with Crippen molar-refractivity contribution in [2.75, 3.05) is 17.3 Å². The average Bonchev–Trinajstić information content (AvgIpc) is 2.94. The Kier molecular flexibility index (Phi) is 2.48. The number of nitrogens with zero attached hydrogens (tertiary/aromatic N) is 1. The third-order valence-corrected chi connectivity index (χ3v) is 4.03. The van der Waals surface area contributed by atoms with E-state index in [2.05, 4.69) is 5.32 Å². The van der Waals surface area contributed by atoms with Gasteiger partial charge < -0.3 is 10.2 Å². The van der Waals surface area contributed by atoms with Gasteiger partial charge in [-0.25, -0.2) is 4.39 Å². The molecule has 0 spiro atoms. The minimum Gasteiger partial charge on any atom is -0.321 e. The number of benzene rings is 2. The average molecular weight is 294 g/mol. The van der Waals surface area contributed by atoms with Crippen LogP contribution < -0.4 is 10.2 Å². The van der Waals surface area contributed by atoms with Crippen LogP contribution in [0.1, 0.15) is 11.1 Å². The first-order chi connectivity index (χ1) is 10.6. The molecule has 0 saturated heterocycles. The van der Waals surface area contributed by atoms with Crippen LogP contribution in [-0.2, 0) is 9.59 Å². The van der Waals surface area contributed by atoms with E-state index in [-0.39, 0.29) is 17.4 Å². The Hall–Kier alpha value is -2.95. The van der Waals surface area contributed by atoms with Gasteiger partial charge in [-0.05, 0) is 24.3 Å². The van der Waals surface area contributed by atoms with Crippen molar-refractivity contribution in [2.45, 2.75) is 0 Å². The first kappa shape index (κ1) is 12.8. The lowest BCUT2D eigenvalue weighted by Crippen LogP contribution is -2.21. The molecule has 4 nitrogen and oxygen atoms in total. The molecule has 0 saturated carbocycles. The van der Waals surface area contributed by atoms with Gasteiger partial charge in [0.05, 0.1) is 16.8 Å². The number of rotatable bonds is 0. The Bertz CT molecular complexity index is 886. The number of nitrogens with one attached hydrogen (secondary N) is 1. The summed E-state index contributed by atoms with van der Waals surface area (Å²) in [7, 11) is 1.62. The maximum Gasteiger partial charge on any atom is 0.259 e. The molecular formula is C17H11FN2O2. The number of hydrogen-bond donors (Lipinski definition) is 1. The SMILES string of the molecule is CN1C(=O)/C(=C2/C(=O)Nc3ccccc32)c2cc(F)ccc21. The van der Waals surface area contributed by atoms with Crippen molar-refractivity contribution in [3.8, 4) is 0 Å². The van der Waals surface area contributed by atoms with Crippen LogP contribution in [-0.4, -0.2) is 18.9 Å². The Morgan fingerprint density at radius 3 is 2.59 bits per heavy atom. The van der Waals surface area contributed by atoms with Crippen LogP contribution in [0.2, 0.25) is 0 Å². The molecule has 5 heteroatoms. The van der Waals surface area contributed by atoms with Crippen LogP contribution in [0.25, 0.3) is 11.1 Å². The molecule has 2 aromatic rings. The normalized spacial score (nSPS) is 19.3. The van der Waals surface area contributed by atoms with E-state index in [1.165, 1.54) is 17.0 Å². The molecule has 0 aromatic heterocycles. The number of anilines is 2. The second-order valence-corrected chi connectivity index (χ2v) is 5.28. The summed E-state index contributed by atoms with van der Waals surface area (Å²) in [6, 6.07) is 11.3. The van der Waals surface area contributed by atoms with Gasteiger partial charge >= 0.3 is 0 Å². The first-order valence-electron chi connectivity index (χ1n) is 6.81. The monoisotopic (exact) mass is 294 g/mol. The number of halogens is 1. The third-order valence-electron chi connectivity index (χ3n) is 4.03. The fourth-order valence-electron chi connectivity index (χ4n) is 3.00. The molecule has 2 aliphatic heterocycles. The molecule has 0 bridgehead atoms. The molecule has 0 aliphatic carbocycles. The van der Waals surface area contributed by atoms with Gasteiger partial charge in [0.15, 0.2) is 0 Å². The van der Waals surface area contributed by atoms with Crippen LogP contribution in [0.3, 0.4) is 0 Å². The molecular weight excluding hydrogens is 283 g/mol. The van der Waals surface area contributed by atoms with Gasteiger partial charge in [-0.1, -0.05) is 18.2 Å². The quantitative estimate of drug-likeness (QED) is 0.759. The number of para-hydroxylation sites is 1. The smallest absolute Gasteiger partial charge is 0.259 e. The topological polar surface area (TPSA) is 49.4 Å². The zero-order valence-electron chi connectivity index (χ0n) is 11.7. The van der Waals surface area contributed by atoms with Crippen molar-refractivity contribution in [1.29, 1.82) is 0 Å². The largest absolute Gasteiger partial charge is 0.321 e. The lowest BCUT2D eigenvalue weighted by molar-refractivity contribution is -0.113. The first-order valence-corrected chi connectivity index (χ1v) is 6.81. The minimum atomic E-state index is -0.438. The van der Waals surface area contributed by atoms with E-state index in [0.29, 0.717) is 28.1 Å². The Morgan fingerprint density at radius 2 is 1.77 bits per heavy atom. The molecule has 0 fully saturated rings. The summed E-state index contributed by atoms with van der Waals surface area (Å²) in [5, 5.41) is 2.74. The molecule has 2 aliphatic rings. The van der Waals surface area contributed by atoms with Gasteiger partial charge in [-0.3, -0.25) is 9.59 Å². The van der Waals surface area contributed by atoms with Crippen molar-refractivity contribution in [1.82, 2.24) is 0 Å². The van der Waals surface area contributed by atoms with E-state index < -0.39 is 5.82 Å². The fraction of sp³-hybridized carbons (Fsp3) is 0.0588. The number of amides is 2. The molecule has 2 aromatic carbocycles. The van der Waals surface area contributed by atoms with Crippen molar-refractivity contribution in [3.63, 3.8) is 0 Å². The molecule has 4 rings (SSSR count). The number of carbonyl (C=O) groups excluding carboxylic acids is 2. The van der Waals surface area contributed by atoms with E-state index in [1.807, 2.05) is 6.07 Å². The highest BCUT2D eigenvalue weighted by atomic mass is 19.1. The van der Waals surface area contributed by atoms with Gasteiger partial charge in [0, 0.05) is 23.9 Å². The highest BCUT2D eigenvalue weighted by molar-refractivity contribution is 6.49. The Balaban J connectivity index is 2.06. The Morgan fingerprint density at radius 1 is 1.00 bits per heavy atom. The molecule has 108 valence electrons. The highest BCUT2D eigenvalue weighted by Gasteiger charge is 2.37. The van der Waals surface area contributed by atoms with Crippen molar-refractivity contribution < 1.29 is 14.0 Å². The number of fused-ring (bicyclic) bond motifs is 2. The summed E-state index contributed by atoms with van der Waals surface area (Å²) in [6.07, 6.45) is 0. The summed E-state index contributed by atoms with van der Waals surface area (Å²) in [5.41, 5.74) is 2.94. The van der Waals surface area contributed by atoms with E-state index in [1.54, 1.807) is 31.3 Å². The molecule has 0 unspecified atom stereocenters. The second kappa shape index (κ2) is 4.27. The lowest BCUT2D eigenvalue weighted by atomic mass is 9.96. The van der Waals surface area contributed by atoms with Gasteiger partial charge in [-0.2, -0.15) is 0 Å². The maximum absolute atomic E-state index is 13.6. The van der Waals surface area contributed by atoms with Gasteiger partial charge in [-0.15, -0.1) is 0 Å². The summed E-state index contributed by atoms with van der Waals surface area (Å²) >= 11 is 0. The molecule has 2 heterocycles. The van der Waals surface area contributed by atoms with Crippen LogP contribution in [0.4, 0.5) is 15.8 Å². The van der Waals surface area contributed by atoms with Gasteiger partial charge in [0.25, 0.3) is 11.8 Å². The minimum absolute atomic E-state index is 0.249. The van der Waals surface area contributed by atoms with E-state index in [0.717, 1.165) is 0 Å². The van der Waals surface area contributed by atoms with Crippen LogP contribution >= 0.6 is 0 Å². The molecule has 0 radical (unpaired) electrons. The third kappa shape index (κ3) is 1.56. The summed E-state index contributed by atoms with van der Waals surface area (Å²) < 4.78 is 13.6. The molecule has 22 heavy (non-hydrogen) atoms. The predicted octanol–water partition coefficient (Wildman–Crippen LogP) is 2.67. The summed E-state index contributed by atoms with van der Waals surface area (Å²) in [4.78, 5) is 26.3. The van der Waals surface area contributed by atoms with Crippen LogP contribution in [0.5, 0.6) is 0 Å². The molecule has 1 N–H and O–H groups in total. The van der Waals surface area contributed by atoms with Crippen molar-refractivity contribution >= 4 is 34.3 Å². The molecule has 2 amide bonds. The van der Waals surface area contributed by atoms with E-state index >= 15 is 0 Å². The number of likely N-dealkylation sites (N-methyl/N-ethyl adjacent to an activating group) is 1. The van der Waals surface area contributed by atoms with E-state index in [4.69, 9.17) is 0 Å². The van der Waals surface area contributed by atoms with E-state index in [9.17, 15) is 14.0 Å².